The van der Waals surface area contributed by atoms with E-state index in [9.17, 15) is 14.0 Å². The van der Waals surface area contributed by atoms with Crippen LogP contribution < -0.4 is 15.5 Å². The van der Waals surface area contributed by atoms with Gasteiger partial charge in [-0.1, -0.05) is 19.1 Å². The fourth-order valence-electron chi connectivity index (χ4n) is 3.93. The van der Waals surface area contributed by atoms with Crippen LogP contribution >= 0.6 is 0 Å². The molecule has 166 valence electrons. The van der Waals surface area contributed by atoms with Gasteiger partial charge in [-0.3, -0.25) is 9.59 Å². The van der Waals surface area contributed by atoms with E-state index in [0.29, 0.717) is 5.69 Å². The molecule has 2 aromatic carbocycles. The van der Waals surface area contributed by atoms with Crippen LogP contribution in [0.15, 0.2) is 42.5 Å². The molecule has 2 aromatic rings. The van der Waals surface area contributed by atoms with Crippen LogP contribution in [0.3, 0.4) is 0 Å². The third-order valence-electron chi connectivity index (χ3n) is 5.63. The van der Waals surface area contributed by atoms with Crippen LogP contribution in [-0.4, -0.2) is 49.4 Å². The lowest BCUT2D eigenvalue weighted by Crippen LogP contribution is -2.46. The van der Waals surface area contributed by atoms with Gasteiger partial charge in [0.2, 0.25) is 11.8 Å². The molecule has 31 heavy (non-hydrogen) atoms. The summed E-state index contributed by atoms with van der Waals surface area (Å²) in [6, 6.07) is 11.7. The van der Waals surface area contributed by atoms with Crippen molar-refractivity contribution in [1.29, 1.82) is 0 Å². The van der Waals surface area contributed by atoms with Crippen molar-refractivity contribution >= 4 is 23.2 Å². The largest absolute Gasteiger partial charge is 0.369 e. The summed E-state index contributed by atoms with van der Waals surface area (Å²) >= 11 is 0. The Bertz CT molecular complexity index is 908. The summed E-state index contributed by atoms with van der Waals surface area (Å²) in [5.41, 5.74) is 3.30. The van der Waals surface area contributed by atoms with Crippen molar-refractivity contribution < 1.29 is 14.0 Å². The molecule has 1 heterocycles. The summed E-state index contributed by atoms with van der Waals surface area (Å²) in [5, 5.41) is 5.71. The van der Waals surface area contributed by atoms with Crippen LogP contribution in [0.5, 0.6) is 0 Å². The number of anilines is 2. The van der Waals surface area contributed by atoms with E-state index in [4.69, 9.17) is 0 Å². The van der Waals surface area contributed by atoms with Gasteiger partial charge in [0.15, 0.2) is 0 Å². The Morgan fingerprint density at radius 2 is 1.74 bits per heavy atom. The summed E-state index contributed by atoms with van der Waals surface area (Å²) < 4.78 is 14.0. The number of amides is 2. The number of benzene rings is 2. The Balaban J connectivity index is 1.65. The summed E-state index contributed by atoms with van der Waals surface area (Å²) in [5.74, 6) is -0.576. The maximum atomic E-state index is 14.0. The van der Waals surface area contributed by atoms with E-state index in [1.807, 2.05) is 25.1 Å². The topological polar surface area (TPSA) is 64.7 Å². The van der Waals surface area contributed by atoms with E-state index in [2.05, 4.69) is 27.4 Å². The molecule has 7 heteroatoms. The average molecular weight is 427 g/mol. The molecule has 1 aliphatic heterocycles. The number of halogens is 1. The van der Waals surface area contributed by atoms with Crippen molar-refractivity contribution in [3.63, 3.8) is 0 Å². The zero-order valence-electron chi connectivity index (χ0n) is 18.5. The molecular formula is C24H31FN4O2. The quantitative estimate of drug-likeness (QED) is 0.713. The lowest BCUT2D eigenvalue weighted by Gasteiger charge is -2.37. The molecule has 2 N–H and O–H groups in total. The first-order chi connectivity index (χ1) is 14.9. The maximum Gasteiger partial charge on any atom is 0.224 e. The SMILES string of the molecule is CCN1CCN(c2ccc(F)cc2C(C)NC(=O)Cc2ccc(NC(C)=O)cc2)CC1. The van der Waals surface area contributed by atoms with Gasteiger partial charge < -0.3 is 20.4 Å². The molecule has 1 saturated heterocycles. The van der Waals surface area contributed by atoms with Crippen LogP contribution in [0.2, 0.25) is 0 Å². The van der Waals surface area contributed by atoms with Crippen molar-refractivity contribution in [2.45, 2.75) is 33.2 Å². The third-order valence-corrected chi connectivity index (χ3v) is 5.63. The van der Waals surface area contributed by atoms with E-state index < -0.39 is 0 Å². The second-order valence-corrected chi connectivity index (χ2v) is 7.97. The standard InChI is InChI=1S/C24H31FN4O2/c1-4-28-11-13-29(14-12-28)23-10-7-20(25)16-22(23)17(2)26-24(31)15-19-5-8-21(9-6-19)27-18(3)30/h5-10,16-17H,4,11-15H2,1-3H3,(H,26,31)(H,27,30). The Morgan fingerprint density at radius 3 is 2.35 bits per heavy atom. The minimum absolute atomic E-state index is 0.134. The van der Waals surface area contributed by atoms with Gasteiger partial charge in [-0.25, -0.2) is 4.39 Å². The number of likely N-dealkylation sites (N-methyl/N-ethyl adjacent to an activating group) is 1. The molecular weight excluding hydrogens is 395 g/mol. The Hall–Kier alpha value is -2.93. The smallest absolute Gasteiger partial charge is 0.224 e. The predicted octanol–water partition coefficient (Wildman–Crippen LogP) is 3.35. The lowest BCUT2D eigenvalue weighted by molar-refractivity contribution is -0.121. The minimum atomic E-state index is -0.318. The molecule has 0 aromatic heterocycles. The zero-order chi connectivity index (χ0) is 22.4. The number of nitrogens with one attached hydrogen (secondary N) is 2. The second-order valence-electron chi connectivity index (χ2n) is 7.97. The Morgan fingerprint density at radius 1 is 1.06 bits per heavy atom. The number of carbonyl (C=O) groups excluding carboxylic acids is 2. The van der Waals surface area contributed by atoms with Crippen molar-refractivity contribution in [2.75, 3.05) is 42.9 Å². The fourth-order valence-corrected chi connectivity index (χ4v) is 3.93. The first-order valence-corrected chi connectivity index (χ1v) is 10.8. The van der Waals surface area contributed by atoms with E-state index in [1.54, 1.807) is 12.1 Å². The molecule has 0 bridgehead atoms. The molecule has 1 atom stereocenters. The molecule has 1 unspecified atom stereocenters. The summed E-state index contributed by atoms with van der Waals surface area (Å²) in [6.07, 6.45) is 0.213. The van der Waals surface area contributed by atoms with E-state index in [-0.39, 0.29) is 30.1 Å². The predicted molar refractivity (Wildman–Crippen MR) is 122 cm³/mol. The number of nitrogens with zero attached hydrogens (tertiary/aromatic N) is 2. The lowest BCUT2D eigenvalue weighted by atomic mass is 10.0. The zero-order valence-corrected chi connectivity index (χ0v) is 18.5. The maximum absolute atomic E-state index is 14.0. The van der Waals surface area contributed by atoms with E-state index in [1.165, 1.54) is 19.1 Å². The number of hydrogen-bond donors (Lipinski definition) is 2. The highest BCUT2D eigenvalue weighted by molar-refractivity contribution is 5.88. The third kappa shape index (κ3) is 6.28. The molecule has 0 spiro atoms. The van der Waals surface area contributed by atoms with Gasteiger partial charge in [-0.15, -0.1) is 0 Å². The van der Waals surface area contributed by atoms with Gasteiger partial charge in [0.1, 0.15) is 5.82 Å². The van der Waals surface area contributed by atoms with Crippen LogP contribution in [-0.2, 0) is 16.0 Å². The van der Waals surface area contributed by atoms with Gasteiger partial charge in [0.05, 0.1) is 12.5 Å². The molecule has 0 aliphatic carbocycles. The highest BCUT2D eigenvalue weighted by Gasteiger charge is 2.22. The fraction of sp³-hybridized carbons (Fsp3) is 0.417. The number of piperazine rings is 1. The summed E-state index contributed by atoms with van der Waals surface area (Å²) in [4.78, 5) is 28.4. The highest BCUT2D eigenvalue weighted by Crippen LogP contribution is 2.28. The average Bonchev–Trinajstić information content (AvgIpc) is 2.74. The Labute approximate surface area is 183 Å². The molecule has 6 nitrogen and oxygen atoms in total. The first kappa shape index (κ1) is 22.7. The second kappa shape index (κ2) is 10.4. The Kier molecular flexibility index (Phi) is 7.63. The van der Waals surface area contributed by atoms with Crippen LogP contribution in [0.4, 0.5) is 15.8 Å². The first-order valence-electron chi connectivity index (χ1n) is 10.8. The molecule has 1 fully saturated rings. The highest BCUT2D eigenvalue weighted by atomic mass is 19.1. The molecule has 1 aliphatic rings. The van der Waals surface area contributed by atoms with Crippen LogP contribution in [0.1, 0.15) is 37.9 Å². The van der Waals surface area contributed by atoms with Crippen molar-refractivity contribution in [3.8, 4) is 0 Å². The van der Waals surface area contributed by atoms with E-state index in [0.717, 1.165) is 49.5 Å². The molecule has 3 rings (SSSR count). The van der Waals surface area contributed by atoms with Gasteiger partial charge in [0.25, 0.3) is 0 Å². The van der Waals surface area contributed by atoms with Gasteiger partial charge in [0, 0.05) is 50.0 Å². The molecule has 0 radical (unpaired) electrons. The molecule has 2 amide bonds. The van der Waals surface area contributed by atoms with Crippen LogP contribution in [0.25, 0.3) is 0 Å². The van der Waals surface area contributed by atoms with Crippen molar-refractivity contribution in [3.05, 3.63) is 59.4 Å². The molecule has 0 saturated carbocycles. The van der Waals surface area contributed by atoms with Gasteiger partial charge in [-0.2, -0.15) is 0 Å². The van der Waals surface area contributed by atoms with E-state index >= 15 is 0 Å². The van der Waals surface area contributed by atoms with Gasteiger partial charge >= 0.3 is 0 Å². The minimum Gasteiger partial charge on any atom is -0.369 e. The van der Waals surface area contributed by atoms with Crippen LogP contribution in [0, 0.1) is 5.82 Å². The summed E-state index contributed by atoms with van der Waals surface area (Å²) in [6.45, 7) is 10.2. The number of carbonyl (C=O) groups is 2. The van der Waals surface area contributed by atoms with Crippen molar-refractivity contribution in [2.24, 2.45) is 0 Å². The van der Waals surface area contributed by atoms with Gasteiger partial charge in [-0.05, 0) is 49.4 Å². The number of rotatable bonds is 7. The number of hydrogen-bond acceptors (Lipinski definition) is 4. The normalized spacial score (nSPS) is 15.4. The summed E-state index contributed by atoms with van der Waals surface area (Å²) in [7, 11) is 0. The monoisotopic (exact) mass is 426 g/mol. The van der Waals surface area contributed by atoms with Crippen molar-refractivity contribution in [1.82, 2.24) is 10.2 Å².